The number of aliphatic hydroxyl groups excluding tert-OH is 3. The first-order valence-corrected chi connectivity index (χ1v) is 36.5. The number of aromatic nitrogens is 3. The van der Waals surface area contributed by atoms with E-state index >= 15 is 28.8 Å². The lowest BCUT2D eigenvalue weighted by molar-refractivity contribution is -0.266. The maximum atomic E-state index is 15.4. The molecule has 8 rings (SSSR count). The molecule has 584 valence electrons. The number of hydrogen-bond donors (Lipinski definition) is 16. The summed E-state index contributed by atoms with van der Waals surface area (Å²) in [4.78, 5) is 165. The normalized spacial score (nSPS) is 26.5. The summed E-state index contributed by atoms with van der Waals surface area (Å²) in [7, 11) is 0. The molecule has 19 N–H and O–H groups in total. The summed E-state index contributed by atoms with van der Waals surface area (Å²) in [5, 5.41) is 74.2. The van der Waals surface area contributed by atoms with Crippen LogP contribution in [0.5, 0.6) is 5.75 Å². The number of carbonyl (C=O) groups is 11. The molecule has 0 aliphatic carbocycles. The number of hydrogen-bond acceptors (Lipinski definition) is 21. The predicted octanol–water partition coefficient (Wildman–Crippen LogP) is -2.65. The van der Waals surface area contributed by atoms with Crippen molar-refractivity contribution < 1.29 is 82.6 Å². The van der Waals surface area contributed by atoms with Gasteiger partial charge in [-0.15, -0.1) is 5.10 Å². The van der Waals surface area contributed by atoms with Crippen molar-refractivity contribution in [2.24, 2.45) is 29.0 Å². The van der Waals surface area contributed by atoms with Crippen molar-refractivity contribution in [3.8, 4) is 5.75 Å². The van der Waals surface area contributed by atoms with Crippen LogP contribution in [0.1, 0.15) is 101 Å². The summed E-state index contributed by atoms with van der Waals surface area (Å²) in [6.07, 6.45) is -5.69. The van der Waals surface area contributed by atoms with Crippen molar-refractivity contribution >= 4 is 65.0 Å². The van der Waals surface area contributed by atoms with Gasteiger partial charge in [-0.1, -0.05) is 136 Å². The maximum absolute atomic E-state index is 15.4. The number of nitrogens with two attached hydrogens (primary N) is 3. The molecular weight excluding hydrogens is 1400 g/mol. The van der Waals surface area contributed by atoms with Gasteiger partial charge in [-0.3, -0.25) is 52.7 Å². The van der Waals surface area contributed by atoms with Crippen molar-refractivity contribution in [3.63, 3.8) is 0 Å². The standard InChI is InChI=1S/C75H102N16O17/c1-42(2)34-52-67(99)86-57(38-46-20-12-7-13-21-46)74(106)91-31-15-23-58(91)72(104)85-54(36-45-18-10-6-11-19-45)69(101)83-53(35-44-16-8-5-9-17-44)68(100)84-56(39-48-40-90(89-88-48)32-33-107-75-61(78)64(96)63(95)59(41-92)108-75)70(102)79-51(28-29-60(77)94)66(98)82-55(37-47-24-26-49(93)27-25-47)71(103)87-62(43(3)4)73(105)80-50(22-14-30-76)65(97)81-52/h5-13,16-21,24-27,40,42-43,50-59,61-64,75,92-93,95-96H,14-15,22-23,28-39,41,76,78H2,1-4H3,(H2,77,94)(H,79,102)(H,80,105)(H,81,97)(H,82,98)(H,83,101)(H,84,100)(H,85,104)(H,86,99)(H,87,103)/t50-,51-,52-,53+,54-,55-,56-,57+,58-,59+,61+,62-,63-,64+,75+/m0/s1. The molecule has 33 nitrogen and oxygen atoms in total. The Morgan fingerprint density at radius 1 is 0.574 bits per heavy atom. The van der Waals surface area contributed by atoms with E-state index in [1.54, 1.807) is 105 Å². The van der Waals surface area contributed by atoms with Crippen LogP contribution in [-0.2, 0) is 101 Å². The second-order valence-electron chi connectivity index (χ2n) is 28.2. The van der Waals surface area contributed by atoms with Gasteiger partial charge in [0.15, 0.2) is 6.29 Å². The first kappa shape index (κ1) is 83.3. The van der Waals surface area contributed by atoms with Crippen LogP contribution >= 0.6 is 0 Å². The first-order valence-electron chi connectivity index (χ1n) is 36.5. The van der Waals surface area contributed by atoms with Gasteiger partial charge in [0.1, 0.15) is 84.5 Å². The van der Waals surface area contributed by atoms with Crippen molar-refractivity contribution in [1.29, 1.82) is 0 Å². The SMILES string of the molecule is CC(C)C[C@@H]1NC(=O)[C@H](CCCN)NC(=O)[C@H](C(C)C)NC(=O)[C@H](Cc2ccc(O)cc2)NC(=O)[C@H](CCC(N)=O)NC(=O)[C@H](Cc2cn(CCO[C@@H]3O[C@H](CO)[C@H](O)[C@H](O)[C@H]3N)nn2)NC(=O)[C@@H](Cc2ccccc2)NC(=O)[C@H](Cc2ccccc2)NC(=O)[C@@H]2CCCN2C(=O)[C@@H](Cc2ccccc2)NC1=O. The summed E-state index contributed by atoms with van der Waals surface area (Å²) in [6.45, 7) is 6.09. The lowest BCUT2D eigenvalue weighted by Crippen LogP contribution is -2.62. The highest BCUT2D eigenvalue weighted by atomic mass is 16.7. The van der Waals surface area contributed by atoms with Crippen molar-refractivity contribution in [1.82, 2.24) is 67.7 Å². The molecule has 0 spiro atoms. The Hall–Kier alpha value is -10.3. The fraction of sp³-hybridized carbons (Fsp3) is 0.507. The molecular formula is C75H102N16O17. The second-order valence-corrected chi connectivity index (χ2v) is 28.2. The summed E-state index contributed by atoms with van der Waals surface area (Å²) in [5.74, 6) is -10.7. The highest BCUT2D eigenvalue weighted by Gasteiger charge is 2.45. The van der Waals surface area contributed by atoms with E-state index in [0.717, 1.165) is 0 Å². The molecule has 1 aromatic heterocycles. The number of carbonyl (C=O) groups excluding carboxylic acids is 11. The van der Waals surface area contributed by atoms with Crippen LogP contribution in [-0.4, -0.2) is 223 Å². The summed E-state index contributed by atoms with van der Waals surface area (Å²) < 4.78 is 12.7. The van der Waals surface area contributed by atoms with Crippen LogP contribution < -0.4 is 65.1 Å². The summed E-state index contributed by atoms with van der Waals surface area (Å²) >= 11 is 0. The lowest BCUT2D eigenvalue weighted by atomic mass is 9.98. The highest BCUT2D eigenvalue weighted by molar-refractivity contribution is 6.00. The Morgan fingerprint density at radius 2 is 1.03 bits per heavy atom. The van der Waals surface area contributed by atoms with E-state index in [4.69, 9.17) is 26.7 Å². The van der Waals surface area contributed by atoms with Gasteiger partial charge in [-0.05, 0) is 91.3 Å². The molecule has 0 bridgehead atoms. The number of benzene rings is 4. The van der Waals surface area contributed by atoms with E-state index in [-0.39, 0.29) is 95.0 Å². The third kappa shape index (κ3) is 24.4. The Balaban J connectivity index is 1.21. The topological polar surface area (TPSA) is 507 Å². The zero-order valence-electron chi connectivity index (χ0n) is 61.0. The van der Waals surface area contributed by atoms with Gasteiger partial charge in [0.25, 0.3) is 0 Å². The first-order chi connectivity index (χ1) is 51.7. The Bertz CT molecular complexity index is 3840. The van der Waals surface area contributed by atoms with E-state index in [1.807, 2.05) is 13.8 Å². The monoisotopic (exact) mass is 1500 g/mol. The minimum Gasteiger partial charge on any atom is -0.508 e. The molecule has 0 radical (unpaired) electrons. The summed E-state index contributed by atoms with van der Waals surface area (Å²) in [6, 6.07) is 15.7. The van der Waals surface area contributed by atoms with E-state index in [0.29, 0.717) is 28.7 Å². The minimum absolute atomic E-state index is 0.0444. The minimum atomic E-state index is -1.74. The number of nitrogens with one attached hydrogen (secondary N) is 9. The molecule has 11 amide bonds. The third-order valence-corrected chi connectivity index (χ3v) is 19.0. The number of aromatic hydroxyl groups is 1. The fourth-order valence-electron chi connectivity index (χ4n) is 13.0. The van der Waals surface area contributed by atoms with Crippen LogP contribution in [0.25, 0.3) is 0 Å². The predicted molar refractivity (Wildman–Crippen MR) is 391 cm³/mol. The number of primary amides is 1. The smallest absolute Gasteiger partial charge is 0.246 e. The van der Waals surface area contributed by atoms with Crippen molar-refractivity contribution in [2.75, 3.05) is 26.3 Å². The molecule has 0 unspecified atom stereocenters. The molecule has 108 heavy (non-hydrogen) atoms. The number of nitrogens with zero attached hydrogens (tertiary/aromatic N) is 4. The molecule has 3 fully saturated rings. The van der Waals surface area contributed by atoms with Gasteiger partial charge < -0.3 is 99.9 Å². The zero-order chi connectivity index (χ0) is 78.1. The lowest BCUT2D eigenvalue weighted by Gasteiger charge is -2.40. The molecule has 5 aromatic rings. The number of rotatable bonds is 24. The number of fused-ring (bicyclic) bond motifs is 1. The zero-order valence-corrected chi connectivity index (χ0v) is 61.0. The molecule has 3 saturated heterocycles. The van der Waals surface area contributed by atoms with Gasteiger partial charge in [-0.2, -0.15) is 0 Å². The molecule has 33 heteroatoms. The number of phenolic OH excluding ortho intramolecular Hbond substituents is 1. The Kier molecular flexibility index (Phi) is 31.3. The van der Waals surface area contributed by atoms with Crippen LogP contribution in [0.2, 0.25) is 0 Å². The maximum Gasteiger partial charge on any atom is 0.246 e. The van der Waals surface area contributed by atoms with Crippen molar-refractivity contribution in [2.45, 2.75) is 202 Å². The largest absolute Gasteiger partial charge is 0.508 e. The van der Waals surface area contributed by atoms with Crippen LogP contribution in [0.15, 0.2) is 121 Å². The Labute approximate surface area is 625 Å². The number of ether oxygens (including phenoxy) is 2. The van der Waals surface area contributed by atoms with Gasteiger partial charge in [0.2, 0.25) is 65.0 Å². The van der Waals surface area contributed by atoms with Crippen LogP contribution in [0, 0.1) is 11.8 Å². The second kappa shape index (κ2) is 40.6. The number of amides is 11. The average molecular weight is 1500 g/mol. The Morgan fingerprint density at radius 3 is 1.55 bits per heavy atom. The number of aliphatic hydroxyl groups is 3. The summed E-state index contributed by atoms with van der Waals surface area (Å²) in [5.41, 5.74) is 19.9. The number of phenols is 1. The fourth-order valence-corrected chi connectivity index (χ4v) is 13.0. The molecule has 3 aliphatic rings. The van der Waals surface area contributed by atoms with Gasteiger partial charge >= 0.3 is 0 Å². The molecule has 3 aliphatic heterocycles. The van der Waals surface area contributed by atoms with E-state index in [1.165, 1.54) is 40.0 Å². The van der Waals surface area contributed by atoms with E-state index < -0.39 is 188 Å². The molecule has 4 aromatic carbocycles. The molecule has 4 heterocycles. The van der Waals surface area contributed by atoms with Crippen LogP contribution in [0.4, 0.5) is 0 Å². The molecule has 15 atom stereocenters. The van der Waals surface area contributed by atoms with Gasteiger partial charge in [0.05, 0.1) is 31.5 Å². The van der Waals surface area contributed by atoms with Gasteiger partial charge in [-0.25, -0.2) is 4.68 Å². The van der Waals surface area contributed by atoms with Crippen molar-refractivity contribution in [3.05, 3.63) is 149 Å². The third-order valence-electron chi connectivity index (χ3n) is 19.0. The quantitative estimate of drug-likeness (QED) is 0.0300. The van der Waals surface area contributed by atoms with Crippen LogP contribution in [0.3, 0.4) is 0 Å². The molecule has 0 saturated carbocycles. The van der Waals surface area contributed by atoms with E-state index in [2.05, 4.69) is 58.2 Å². The highest BCUT2D eigenvalue weighted by Crippen LogP contribution is 2.24. The van der Waals surface area contributed by atoms with E-state index in [9.17, 15) is 44.4 Å². The average Bonchev–Trinajstić information content (AvgIpc) is 1.50. The van der Waals surface area contributed by atoms with Gasteiger partial charge in [0, 0.05) is 51.3 Å².